The molecule has 1 rings (SSSR count). The molecule has 0 aliphatic rings. The Morgan fingerprint density at radius 2 is 2.05 bits per heavy atom. The van der Waals surface area contributed by atoms with E-state index in [2.05, 4.69) is 4.72 Å². The molecular weight excluding hydrogens is 280 g/mol. The van der Waals surface area contributed by atoms with Crippen LogP contribution in [0.1, 0.15) is 31.4 Å². The Morgan fingerprint density at radius 3 is 2.55 bits per heavy atom. The van der Waals surface area contributed by atoms with Gasteiger partial charge in [0.15, 0.2) is 0 Å². The molecular formula is C13H16N2O4S. The molecule has 0 bridgehead atoms. The lowest BCUT2D eigenvalue weighted by molar-refractivity contribution is -0.138. The molecule has 2 N–H and O–H groups in total. The third-order valence-electron chi connectivity index (χ3n) is 2.61. The second-order valence-corrected chi connectivity index (χ2v) is 6.80. The molecule has 0 unspecified atom stereocenters. The fraction of sp³-hybridized carbons (Fsp3) is 0.385. The number of carboxylic acid groups (broad SMARTS) is 1. The number of hydrogen-bond acceptors (Lipinski definition) is 4. The van der Waals surface area contributed by atoms with Crippen molar-refractivity contribution in [3.8, 4) is 6.07 Å². The molecule has 20 heavy (non-hydrogen) atoms. The zero-order valence-corrected chi connectivity index (χ0v) is 12.3. The number of carboxylic acids is 1. The predicted octanol–water partition coefficient (Wildman–Crippen LogP) is 1.40. The lowest BCUT2D eigenvalue weighted by atomic mass is 10.0. The van der Waals surface area contributed by atoms with Crippen LogP contribution in [0.2, 0.25) is 0 Å². The fourth-order valence-corrected chi connectivity index (χ4v) is 3.48. The molecule has 1 aromatic carbocycles. The van der Waals surface area contributed by atoms with Crippen LogP contribution in [0.15, 0.2) is 23.1 Å². The van der Waals surface area contributed by atoms with Gasteiger partial charge < -0.3 is 5.11 Å². The molecule has 1 aromatic rings. The van der Waals surface area contributed by atoms with Gasteiger partial charge in [-0.25, -0.2) is 13.1 Å². The Bertz CT molecular complexity index is 672. The van der Waals surface area contributed by atoms with Crippen molar-refractivity contribution < 1.29 is 18.3 Å². The minimum atomic E-state index is -3.89. The summed E-state index contributed by atoms with van der Waals surface area (Å²) in [4.78, 5) is 10.7. The molecule has 0 atom stereocenters. The second-order valence-electron chi connectivity index (χ2n) is 5.15. The molecule has 0 radical (unpaired) electrons. The molecule has 0 saturated carbocycles. The van der Waals surface area contributed by atoms with E-state index in [9.17, 15) is 13.2 Å². The maximum atomic E-state index is 12.3. The van der Waals surface area contributed by atoms with Crippen molar-refractivity contribution in [2.45, 2.75) is 37.6 Å². The van der Waals surface area contributed by atoms with Gasteiger partial charge in [0.2, 0.25) is 10.0 Å². The maximum Gasteiger partial charge on any atom is 0.305 e. The van der Waals surface area contributed by atoms with Crippen LogP contribution in [0.25, 0.3) is 0 Å². The SMILES string of the molecule is Cc1ccc(C#N)cc1S(=O)(=O)NC(C)(C)CC(=O)O. The van der Waals surface area contributed by atoms with Gasteiger partial charge in [-0.1, -0.05) is 6.07 Å². The smallest absolute Gasteiger partial charge is 0.305 e. The number of benzene rings is 1. The van der Waals surface area contributed by atoms with Crippen LogP contribution in [-0.4, -0.2) is 25.0 Å². The van der Waals surface area contributed by atoms with Crippen LogP contribution >= 0.6 is 0 Å². The molecule has 0 fully saturated rings. The molecule has 7 heteroatoms. The predicted molar refractivity (Wildman–Crippen MR) is 72.5 cm³/mol. The van der Waals surface area contributed by atoms with E-state index in [0.29, 0.717) is 5.56 Å². The lowest BCUT2D eigenvalue weighted by Gasteiger charge is -2.24. The van der Waals surface area contributed by atoms with Gasteiger partial charge in [0, 0.05) is 5.54 Å². The van der Waals surface area contributed by atoms with Crippen molar-refractivity contribution in [2.75, 3.05) is 0 Å². The molecule has 0 aliphatic heterocycles. The van der Waals surface area contributed by atoms with E-state index in [1.54, 1.807) is 6.92 Å². The molecule has 0 saturated heterocycles. The van der Waals surface area contributed by atoms with Crippen LogP contribution in [0.4, 0.5) is 0 Å². The third-order valence-corrected chi connectivity index (χ3v) is 4.45. The highest BCUT2D eigenvalue weighted by Gasteiger charge is 2.29. The van der Waals surface area contributed by atoms with Gasteiger partial charge in [-0.15, -0.1) is 0 Å². The number of aryl methyl sites for hydroxylation is 1. The maximum absolute atomic E-state index is 12.3. The highest BCUT2D eigenvalue weighted by Crippen LogP contribution is 2.20. The fourth-order valence-electron chi connectivity index (χ4n) is 1.79. The van der Waals surface area contributed by atoms with Gasteiger partial charge in [-0.3, -0.25) is 4.79 Å². The average Bonchev–Trinajstić information content (AvgIpc) is 2.25. The van der Waals surface area contributed by atoms with Crippen LogP contribution in [0.5, 0.6) is 0 Å². The van der Waals surface area contributed by atoms with Crippen LogP contribution < -0.4 is 4.72 Å². The van der Waals surface area contributed by atoms with Crippen molar-refractivity contribution in [3.05, 3.63) is 29.3 Å². The summed E-state index contributed by atoms with van der Waals surface area (Å²) >= 11 is 0. The topological polar surface area (TPSA) is 107 Å². The van der Waals surface area contributed by atoms with E-state index in [0.717, 1.165) is 0 Å². The summed E-state index contributed by atoms with van der Waals surface area (Å²) in [7, 11) is -3.89. The first-order valence-corrected chi connectivity index (χ1v) is 7.32. The Labute approximate surface area is 118 Å². The van der Waals surface area contributed by atoms with E-state index in [1.165, 1.54) is 32.0 Å². The first-order chi connectivity index (χ1) is 9.07. The average molecular weight is 296 g/mol. The minimum absolute atomic E-state index is 0.0185. The number of aliphatic carboxylic acids is 1. The number of nitrogens with one attached hydrogen (secondary N) is 1. The Kier molecular flexibility index (Phi) is 4.53. The summed E-state index contributed by atoms with van der Waals surface area (Å²) in [6, 6.07) is 6.21. The number of hydrogen-bond donors (Lipinski definition) is 2. The highest BCUT2D eigenvalue weighted by molar-refractivity contribution is 7.89. The second kappa shape index (κ2) is 5.61. The molecule has 0 aromatic heterocycles. The van der Waals surface area contributed by atoms with Crippen molar-refractivity contribution in [3.63, 3.8) is 0 Å². The molecule has 0 aliphatic carbocycles. The van der Waals surface area contributed by atoms with Gasteiger partial charge in [0.05, 0.1) is 22.9 Å². The van der Waals surface area contributed by atoms with Gasteiger partial charge in [0.25, 0.3) is 0 Å². The monoisotopic (exact) mass is 296 g/mol. The minimum Gasteiger partial charge on any atom is -0.481 e. The van der Waals surface area contributed by atoms with Crippen molar-refractivity contribution in [1.29, 1.82) is 5.26 Å². The Morgan fingerprint density at radius 1 is 1.45 bits per heavy atom. The number of nitrogens with zero attached hydrogens (tertiary/aromatic N) is 1. The van der Waals surface area contributed by atoms with Crippen molar-refractivity contribution in [1.82, 2.24) is 4.72 Å². The summed E-state index contributed by atoms with van der Waals surface area (Å²) < 4.78 is 27.0. The quantitative estimate of drug-likeness (QED) is 0.854. The highest BCUT2D eigenvalue weighted by atomic mass is 32.2. The lowest BCUT2D eigenvalue weighted by Crippen LogP contribution is -2.45. The number of nitriles is 1. The summed E-state index contributed by atoms with van der Waals surface area (Å²) in [6.45, 7) is 4.59. The van der Waals surface area contributed by atoms with Crippen molar-refractivity contribution >= 4 is 16.0 Å². The number of carbonyl (C=O) groups is 1. The number of sulfonamides is 1. The summed E-state index contributed by atoms with van der Waals surface area (Å²) in [5.74, 6) is -1.10. The van der Waals surface area contributed by atoms with E-state index in [1.807, 2.05) is 6.07 Å². The zero-order valence-electron chi connectivity index (χ0n) is 11.5. The van der Waals surface area contributed by atoms with Gasteiger partial charge in [-0.05, 0) is 38.5 Å². The normalized spacial score (nSPS) is 11.9. The van der Waals surface area contributed by atoms with E-state index < -0.39 is 21.5 Å². The van der Waals surface area contributed by atoms with Gasteiger partial charge in [0.1, 0.15) is 0 Å². The summed E-state index contributed by atoms with van der Waals surface area (Å²) in [6.07, 6.45) is -0.344. The molecule has 0 heterocycles. The Hall–Kier alpha value is -1.91. The summed E-state index contributed by atoms with van der Waals surface area (Å²) in [5, 5.41) is 17.6. The molecule has 6 nitrogen and oxygen atoms in total. The molecule has 0 amide bonds. The van der Waals surface area contributed by atoms with Gasteiger partial charge >= 0.3 is 5.97 Å². The van der Waals surface area contributed by atoms with Crippen molar-refractivity contribution in [2.24, 2.45) is 0 Å². The first-order valence-electron chi connectivity index (χ1n) is 5.84. The van der Waals surface area contributed by atoms with Crippen LogP contribution in [-0.2, 0) is 14.8 Å². The standard InChI is InChI=1S/C13H16N2O4S/c1-9-4-5-10(8-14)6-11(9)20(18,19)15-13(2,3)7-12(16)17/h4-6,15H,7H2,1-3H3,(H,16,17). The van der Waals surface area contributed by atoms with Crippen LogP contribution in [0, 0.1) is 18.3 Å². The van der Waals surface area contributed by atoms with E-state index in [-0.39, 0.29) is 16.9 Å². The van der Waals surface area contributed by atoms with E-state index >= 15 is 0 Å². The first kappa shape index (κ1) is 16.1. The molecule has 0 spiro atoms. The zero-order chi connectivity index (χ0) is 15.6. The van der Waals surface area contributed by atoms with E-state index in [4.69, 9.17) is 10.4 Å². The number of rotatable bonds is 5. The van der Waals surface area contributed by atoms with Crippen LogP contribution in [0.3, 0.4) is 0 Å². The Balaban J connectivity index is 3.18. The third kappa shape index (κ3) is 4.05. The molecule has 108 valence electrons. The largest absolute Gasteiger partial charge is 0.481 e. The summed E-state index contributed by atoms with van der Waals surface area (Å²) in [5.41, 5.74) is -0.408. The van der Waals surface area contributed by atoms with Gasteiger partial charge in [-0.2, -0.15) is 5.26 Å².